The smallest absolute Gasteiger partial charge is 0.256 e. The number of methoxy groups -OCH3 is 1. The average molecular weight is 403 g/mol. The van der Waals surface area contributed by atoms with Crippen molar-refractivity contribution in [2.45, 2.75) is 13.5 Å². The fourth-order valence-electron chi connectivity index (χ4n) is 3.25. The molecule has 4 rings (SSSR count). The molecule has 8 nitrogen and oxygen atoms in total. The van der Waals surface area contributed by atoms with E-state index in [1.54, 1.807) is 11.8 Å². The molecule has 0 radical (unpaired) electrons. The molecule has 152 valence electrons. The van der Waals surface area contributed by atoms with E-state index in [4.69, 9.17) is 9.47 Å². The Kier molecular flexibility index (Phi) is 5.56. The molecule has 3 aromatic carbocycles. The summed E-state index contributed by atoms with van der Waals surface area (Å²) in [6.07, 6.45) is 0. The lowest BCUT2D eigenvalue weighted by Crippen LogP contribution is -2.25. The first kappa shape index (κ1) is 19.4. The second kappa shape index (κ2) is 8.60. The lowest BCUT2D eigenvalue weighted by atomic mass is 10.0. The largest absolute Gasteiger partial charge is 0.497 e. The lowest BCUT2D eigenvalue weighted by Gasteiger charge is -2.13. The van der Waals surface area contributed by atoms with Crippen LogP contribution in [0, 0.1) is 0 Å². The third-order valence-electron chi connectivity index (χ3n) is 4.68. The van der Waals surface area contributed by atoms with Gasteiger partial charge in [0.05, 0.1) is 31.5 Å². The maximum atomic E-state index is 13.1. The van der Waals surface area contributed by atoms with Crippen LogP contribution < -0.4 is 14.8 Å². The van der Waals surface area contributed by atoms with Gasteiger partial charge < -0.3 is 14.8 Å². The first-order valence-electron chi connectivity index (χ1n) is 9.55. The first-order chi connectivity index (χ1) is 14.7. The van der Waals surface area contributed by atoms with Gasteiger partial charge in [-0.15, -0.1) is 5.10 Å². The van der Waals surface area contributed by atoms with Crippen molar-refractivity contribution >= 4 is 16.7 Å². The number of fused-ring (bicyclic) bond motifs is 1. The van der Waals surface area contributed by atoms with Crippen molar-refractivity contribution < 1.29 is 14.3 Å². The van der Waals surface area contributed by atoms with Crippen LogP contribution in [-0.4, -0.2) is 39.8 Å². The zero-order valence-corrected chi connectivity index (χ0v) is 16.7. The summed E-state index contributed by atoms with van der Waals surface area (Å²) >= 11 is 0. The molecule has 0 aliphatic rings. The average Bonchev–Trinajstić information content (AvgIpc) is 3.26. The summed E-state index contributed by atoms with van der Waals surface area (Å²) < 4.78 is 12.5. The van der Waals surface area contributed by atoms with Crippen LogP contribution in [0.4, 0.5) is 0 Å². The Balaban J connectivity index is 1.59. The molecule has 0 atom stereocenters. The van der Waals surface area contributed by atoms with E-state index in [1.165, 1.54) is 0 Å². The van der Waals surface area contributed by atoms with Crippen LogP contribution in [0.3, 0.4) is 0 Å². The van der Waals surface area contributed by atoms with Gasteiger partial charge in [0.2, 0.25) is 0 Å². The van der Waals surface area contributed by atoms with Gasteiger partial charge in [-0.05, 0) is 58.5 Å². The van der Waals surface area contributed by atoms with Gasteiger partial charge in [-0.1, -0.05) is 30.3 Å². The van der Waals surface area contributed by atoms with Gasteiger partial charge >= 0.3 is 0 Å². The van der Waals surface area contributed by atoms with E-state index in [1.807, 2.05) is 67.6 Å². The van der Waals surface area contributed by atoms with Crippen LogP contribution in [0.25, 0.3) is 16.5 Å². The van der Waals surface area contributed by atoms with Gasteiger partial charge in [-0.3, -0.25) is 4.79 Å². The Morgan fingerprint density at radius 2 is 1.87 bits per heavy atom. The molecule has 1 amide bonds. The highest BCUT2D eigenvalue weighted by molar-refractivity contribution is 6.09. The van der Waals surface area contributed by atoms with Crippen molar-refractivity contribution in [3.8, 4) is 17.2 Å². The summed E-state index contributed by atoms with van der Waals surface area (Å²) in [7, 11) is 1.61. The van der Waals surface area contributed by atoms with E-state index in [-0.39, 0.29) is 12.5 Å². The highest BCUT2D eigenvalue weighted by atomic mass is 16.5. The van der Waals surface area contributed by atoms with Gasteiger partial charge in [-0.2, -0.15) is 4.68 Å². The standard InChI is InChI=1S/C22H21N5O3/c1-3-30-19-13-8-15-6-4-5-7-18(15)21(19)22(28)23-14-20-24-25-26-27(20)16-9-11-17(29-2)12-10-16/h4-13H,3,14H2,1-2H3,(H,23,28). The molecule has 1 heterocycles. The normalized spacial score (nSPS) is 10.7. The summed E-state index contributed by atoms with van der Waals surface area (Å²) in [5.41, 5.74) is 1.27. The summed E-state index contributed by atoms with van der Waals surface area (Å²) in [5, 5.41) is 16.5. The highest BCUT2D eigenvalue weighted by Crippen LogP contribution is 2.28. The second-order valence-electron chi connectivity index (χ2n) is 6.48. The Bertz CT molecular complexity index is 1170. The number of nitrogens with one attached hydrogen (secondary N) is 1. The number of rotatable bonds is 7. The zero-order valence-electron chi connectivity index (χ0n) is 16.7. The Morgan fingerprint density at radius 1 is 1.07 bits per heavy atom. The first-order valence-corrected chi connectivity index (χ1v) is 9.55. The van der Waals surface area contributed by atoms with Crippen molar-refractivity contribution in [1.29, 1.82) is 0 Å². The second-order valence-corrected chi connectivity index (χ2v) is 6.48. The predicted octanol–water partition coefficient (Wildman–Crippen LogP) is 3.15. The van der Waals surface area contributed by atoms with Crippen LogP contribution in [-0.2, 0) is 6.54 Å². The number of carbonyl (C=O) groups excluding carboxylic acids is 1. The third kappa shape index (κ3) is 3.80. The molecule has 8 heteroatoms. The van der Waals surface area contributed by atoms with Gasteiger partial charge in [0.25, 0.3) is 5.91 Å². The number of amides is 1. The van der Waals surface area contributed by atoms with Crippen LogP contribution >= 0.6 is 0 Å². The number of nitrogens with zero attached hydrogens (tertiary/aromatic N) is 4. The summed E-state index contributed by atoms with van der Waals surface area (Å²) in [5.74, 6) is 1.54. The zero-order chi connectivity index (χ0) is 20.9. The molecule has 0 saturated heterocycles. The maximum Gasteiger partial charge on any atom is 0.256 e. The topological polar surface area (TPSA) is 91.2 Å². The van der Waals surface area contributed by atoms with Crippen molar-refractivity contribution in [3.05, 3.63) is 72.1 Å². The molecule has 0 spiro atoms. The Morgan fingerprint density at radius 3 is 2.63 bits per heavy atom. The number of aromatic nitrogens is 4. The summed E-state index contributed by atoms with van der Waals surface area (Å²) in [6, 6.07) is 18.8. The molecule has 0 aliphatic heterocycles. The van der Waals surface area contributed by atoms with Crippen LogP contribution in [0.15, 0.2) is 60.7 Å². The van der Waals surface area contributed by atoms with E-state index >= 15 is 0 Å². The van der Waals surface area contributed by atoms with E-state index in [0.717, 1.165) is 22.2 Å². The highest BCUT2D eigenvalue weighted by Gasteiger charge is 2.18. The molecule has 0 saturated carbocycles. The maximum absolute atomic E-state index is 13.1. The number of hydrogen-bond donors (Lipinski definition) is 1. The molecule has 0 aliphatic carbocycles. The van der Waals surface area contributed by atoms with E-state index in [2.05, 4.69) is 20.8 Å². The quantitative estimate of drug-likeness (QED) is 0.510. The Labute approximate surface area is 173 Å². The van der Waals surface area contributed by atoms with Crippen LogP contribution in [0.2, 0.25) is 0 Å². The number of ether oxygens (including phenoxy) is 2. The summed E-state index contributed by atoms with van der Waals surface area (Å²) in [6.45, 7) is 2.51. The molecule has 4 aromatic rings. The van der Waals surface area contributed by atoms with Gasteiger partial charge in [-0.25, -0.2) is 0 Å². The molecule has 1 aromatic heterocycles. The predicted molar refractivity (Wildman–Crippen MR) is 112 cm³/mol. The summed E-state index contributed by atoms with van der Waals surface area (Å²) in [4.78, 5) is 13.1. The van der Waals surface area contributed by atoms with E-state index < -0.39 is 0 Å². The fraction of sp³-hybridized carbons (Fsp3) is 0.182. The number of hydrogen-bond acceptors (Lipinski definition) is 6. The SMILES string of the molecule is CCOc1ccc2ccccc2c1C(=O)NCc1nnnn1-c1ccc(OC)cc1. The minimum Gasteiger partial charge on any atom is -0.497 e. The van der Waals surface area contributed by atoms with Crippen molar-refractivity contribution in [2.75, 3.05) is 13.7 Å². The van der Waals surface area contributed by atoms with Gasteiger partial charge in [0.1, 0.15) is 11.5 Å². The van der Waals surface area contributed by atoms with Crippen molar-refractivity contribution in [2.24, 2.45) is 0 Å². The molecule has 0 bridgehead atoms. The molecule has 0 unspecified atom stereocenters. The number of carbonyl (C=O) groups is 1. The van der Waals surface area contributed by atoms with E-state index in [9.17, 15) is 4.79 Å². The van der Waals surface area contributed by atoms with Crippen LogP contribution in [0.1, 0.15) is 23.1 Å². The van der Waals surface area contributed by atoms with Gasteiger partial charge in [0, 0.05) is 0 Å². The molecule has 1 N–H and O–H groups in total. The minimum absolute atomic E-state index is 0.159. The van der Waals surface area contributed by atoms with Crippen molar-refractivity contribution in [3.63, 3.8) is 0 Å². The minimum atomic E-state index is -0.250. The van der Waals surface area contributed by atoms with Crippen LogP contribution in [0.5, 0.6) is 11.5 Å². The number of benzene rings is 3. The monoisotopic (exact) mass is 403 g/mol. The van der Waals surface area contributed by atoms with E-state index in [0.29, 0.717) is 23.7 Å². The molecule has 0 fully saturated rings. The molecular formula is C22H21N5O3. The number of tetrazole rings is 1. The fourth-order valence-corrected chi connectivity index (χ4v) is 3.25. The van der Waals surface area contributed by atoms with Gasteiger partial charge in [0.15, 0.2) is 5.82 Å². The Hall–Kier alpha value is -3.94. The third-order valence-corrected chi connectivity index (χ3v) is 4.68. The lowest BCUT2D eigenvalue weighted by molar-refractivity contribution is 0.0947. The molecule has 30 heavy (non-hydrogen) atoms. The van der Waals surface area contributed by atoms with Crippen molar-refractivity contribution in [1.82, 2.24) is 25.5 Å². The molecular weight excluding hydrogens is 382 g/mol.